The highest BCUT2D eigenvalue weighted by Crippen LogP contribution is 2.06. The lowest BCUT2D eigenvalue weighted by molar-refractivity contribution is -0.140. The molecule has 1 amide bonds. The summed E-state index contributed by atoms with van der Waals surface area (Å²) in [6.45, 7) is 1.99. The third kappa shape index (κ3) is 6.30. The molecule has 0 saturated carbocycles. The Kier molecular flexibility index (Phi) is 7.02. The molecule has 4 N–H and O–H groups in total. The van der Waals surface area contributed by atoms with Crippen LogP contribution in [0.1, 0.15) is 24.7 Å². The number of nitrogens with zero attached hydrogens (tertiary/aromatic N) is 3. The second-order valence-corrected chi connectivity index (χ2v) is 5.67. The average molecular weight is 346 g/mol. The molecule has 2 aromatic rings. The fourth-order valence-electron chi connectivity index (χ4n) is 2.35. The molecule has 1 heterocycles. The number of aromatic nitrogens is 4. The van der Waals surface area contributed by atoms with Crippen molar-refractivity contribution in [2.45, 2.75) is 38.3 Å². The Morgan fingerprint density at radius 1 is 1.24 bits per heavy atom. The van der Waals surface area contributed by atoms with Crippen LogP contribution in [0.5, 0.6) is 0 Å². The number of benzene rings is 1. The van der Waals surface area contributed by atoms with Crippen molar-refractivity contribution in [3.8, 4) is 0 Å². The van der Waals surface area contributed by atoms with E-state index in [4.69, 9.17) is 0 Å². The summed E-state index contributed by atoms with van der Waals surface area (Å²) in [5.41, 5.74) is 1.06. The molecule has 2 atom stereocenters. The van der Waals surface area contributed by atoms with E-state index in [1.54, 1.807) is 6.92 Å². The van der Waals surface area contributed by atoms with Gasteiger partial charge in [0.1, 0.15) is 6.04 Å². The standard InChI is InChI=1S/C16H22N6O3/c1-11(15(23)17-10-9-14-19-21-22-20-14)18-13(16(24)25)8-7-12-5-3-2-4-6-12/h2-6,11,13,18H,7-10H2,1H3,(H,17,23)(H,24,25)(H,19,20,21,22)/t11-,13-/m0/s1. The van der Waals surface area contributed by atoms with Crippen LogP contribution in [-0.4, -0.2) is 56.2 Å². The first-order chi connectivity index (χ1) is 12.1. The number of carbonyl (C=O) groups excluding carboxylic acids is 1. The van der Waals surface area contributed by atoms with Crippen molar-refractivity contribution in [1.82, 2.24) is 31.3 Å². The third-order valence-corrected chi connectivity index (χ3v) is 3.74. The van der Waals surface area contributed by atoms with Crippen molar-refractivity contribution in [1.29, 1.82) is 0 Å². The molecule has 1 aromatic heterocycles. The number of nitrogens with one attached hydrogen (secondary N) is 3. The lowest BCUT2D eigenvalue weighted by atomic mass is 10.0. The minimum absolute atomic E-state index is 0.269. The van der Waals surface area contributed by atoms with E-state index in [1.165, 1.54) is 0 Å². The van der Waals surface area contributed by atoms with Crippen molar-refractivity contribution in [3.05, 3.63) is 41.7 Å². The van der Waals surface area contributed by atoms with Gasteiger partial charge in [-0.1, -0.05) is 35.5 Å². The zero-order valence-corrected chi connectivity index (χ0v) is 14.0. The highest BCUT2D eigenvalue weighted by Gasteiger charge is 2.22. The summed E-state index contributed by atoms with van der Waals surface area (Å²) in [5, 5.41) is 28.3. The van der Waals surface area contributed by atoms with E-state index >= 15 is 0 Å². The molecule has 0 bridgehead atoms. The van der Waals surface area contributed by atoms with Gasteiger partial charge in [0.05, 0.1) is 6.04 Å². The number of rotatable bonds is 10. The Morgan fingerprint density at radius 3 is 2.64 bits per heavy atom. The molecule has 0 unspecified atom stereocenters. The van der Waals surface area contributed by atoms with Crippen LogP contribution >= 0.6 is 0 Å². The molecular formula is C16H22N6O3. The Morgan fingerprint density at radius 2 is 2.00 bits per heavy atom. The van der Waals surface area contributed by atoms with Crippen LogP contribution in [0, 0.1) is 0 Å². The Bertz CT molecular complexity index is 662. The van der Waals surface area contributed by atoms with Gasteiger partial charge in [-0.3, -0.25) is 14.9 Å². The first-order valence-corrected chi connectivity index (χ1v) is 8.09. The van der Waals surface area contributed by atoms with Crippen LogP contribution in [0.4, 0.5) is 0 Å². The minimum atomic E-state index is -0.970. The van der Waals surface area contributed by atoms with Crippen LogP contribution in [0.2, 0.25) is 0 Å². The molecule has 0 spiro atoms. The highest BCUT2D eigenvalue weighted by molar-refractivity contribution is 5.82. The van der Waals surface area contributed by atoms with Gasteiger partial charge in [0.15, 0.2) is 5.82 Å². The van der Waals surface area contributed by atoms with Gasteiger partial charge in [0, 0.05) is 13.0 Å². The SMILES string of the molecule is C[C@H](N[C@@H](CCc1ccccc1)C(=O)O)C(=O)NCCc1nn[nH]n1. The van der Waals surface area contributed by atoms with Gasteiger partial charge in [0.2, 0.25) is 5.91 Å². The van der Waals surface area contributed by atoms with Gasteiger partial charge in [-0.05, 0) is 25.3 Å². The van der Waals surface area contributed by atoms with Crippen LogP contribution in [-0.2, 0) is 22.4 Å². The molecule has 0 aliphatic carbocycles. The van der Waals surface area contributed by atoms with Crippen LogP contribution in [0.15, 0.2) is 30.3 Å². The number of carbonyl (C=O) groups is 2. The number of aryl methyl sites for hydroxylation is 1. The monoisotopic (exact) mass is 346 g/mol. The Balaban J connectivity index is 1.77. The molecule has 9 nitrogen and oxygen atoms in total. The van der Waals surface area contributed by atoms with E-state index in [0.29, 0.717) is 31.6 Å². The number of carboxylic acids is 1. The van der Waals surface area contributed by atoms with Gasteiger partial charge in [0.25, 0.3) is 0 Å². The highest BCUT2D eigenvalue weighted by atomic mass is 16.4. The molecule has 25 heavy (non-hydrogen) atoms. The number of H-pyrrole nitrogens is 1. The molecule has 1 aromatic carbocycles. The maximum absolute atomic E-state index is 12.1. The summed E-state index contributed by atoms with van der Waals surface area (Å²) in [7, 11) is 0. The van der Waals surface area contributed by atoms with Crippen molar-refractivity contribution in [2.24, 2.45) is 0 Å². The second kappa shape index (κ2) is 9.48. The first kappa shape index (κ1) is 18.5. The number of hydrogen-bond donors (Lipinski definition) is 4. The van der Waals surface area contributed by atoms with Gasteiger partial charge in [-0.2, -0.15) is 5.21 Å². The lowest BCUT2D eigenvalue weighted by Crippen LogP contribution is -2.49. The normalized spacial score (nSPS) is 13.2. The van der Waals surface area contributed by atoms with E-state index in [-0.39, 0.29) is 5.91 Å². The number of aromatic amines is 1. The van der Waals surface area contributed by atoms with Crippen molar-refractivity contribution in [3.63, 3.8) is 0 Å². The molecular weight excluding hydrogens is 324 g/mol. The number of aliphatic carboxylic acids is 1. The Hall–Kier alpha value is -2.81. The minimum Gasteiger partial charge on any atom is -0.480 e. The van der Waals surface area contributed by atoms with Crippen molar-refractivity contribution < 1.29 is 14.7 Å². The maximum Gasteiger partial charge on any atom is 0.320 e. The van der Waals surface area contributed by atoms with Crippen LogP contribution in [0.3, 0.4) is 0 Å². The Labute approximate surface area is 145 Å². The lowest BCUT2D eigenvalue weighted by Gasteiger charge is -2.19. The van der Waals surface area contributed by atoms with Crippen LogP contribution in [0.25, 0.3) is 0 Å². The van der Waals surface area contributed by atoms with E-state index in [0.717, 1.165) is 5.56 Å². The average Bonchev–Trinajstić information content (AvgIpc) is 3.12. The molecule has 0 aliphatic heterocycles. The molecule has 0 saturated heterocycles. The molecule has 2 rings (SSSR count). The number of tetrazole rings is 1. The predicted molar refractivity (Wildman–Crippen MR) is 89.7 cm³/mol. The van der Waals surface area contributed by atoms with Gasteiger partial charge in [-0.25, -0.2) is 0 Å². The predicted octanol–water partition coefficient (Wildman–Crippen LogP) is -0.0775. The van der Waals surface area contributed by atoms with E-state index < -0.39 is 18.1 Å². The van der Waals surface area contributed by atoms with E-state index in [1.807, 2.05) is 30.3 Å². The second-order valence-electron chi connectivity index (χ2n) is 5.67. The molecule has 0 aliphatic rings. The molecule has 0 fully saturated rings. The third-order valence-electron chi connectivity index (χ3n) is 3.74. The van der Waals surface area contributed by atoms with Crippen LogP contribution < -0.4 is 10.6 Å². The fourth-order valence-corrected chi connectivity index (χ4v) is 2.35. The van der Waals surface area contributed by atoms with E-state index in [2.05, 4.69) is 31.3 Å². The molecule has 0 radical (unpaired) electrons. The molecule has 9 heteroatoms. The summed E-state index contributed by atoms with van der Waals surface area (Å²) in [6, 6.07) is 8.23. The summed E-state index contributed by atoms with van der Waals surface area (Å²) in [5.74, 6) is -0.732. The number of amides is 1. The molecule has 134 valence electrons. The zero-order valence-electron chi connectivity index (χ0n) is 14.0. The first-order valence-electron chi connectivity index (χ1n) is 8.09. The maximum atomic E-state index is 12.1. The summed E-state index contributed by atoms with van der Waals surface area (Å²) in [4.78, 5) is 23.5. The summed E-state index contributed by atoms with van der Waals surface area (Å²) < 4.78 is 0. The largest absolute Gasteiger partial charge is 0.480 e. The van der Waals surface area contributed by atoms with Crippen molar-refractivity contribution in [2.75, 3.05) is 6.54 Å². The summed E-state index contributed by atoms with van der Waals surface area (Å²) >= 11 is 0. The van der Waals surface area contributed by atoms with Gasteiger partial charge < -0.3 is 10.4 Å². The van der Waals surface area contributed by atoms with Gasteiger partial charge in [-0.15, -0.1) is 10.2 Å². The van der Waals surface area contributed by atoms with E-state index in [9.17, 15) is 14.7 Å². The van der Waals surface area contributed by atoms with Crippen molar-refractivity contribution >= 4 is 11.9 Å². The number of hydrogen-bond acceptors (Lipinski definition) is 6. The van der Waals surface area contributed by atoms with Gasteiger partial charge >= 0.3 is 5.97 Å². The quantitative estimate of drug-likeness (QED) is 0.473. The fraction of sp³-hybridized carbons (Fsp3) is 0.438. The number of carboxylic acid groups (broad SMARTS) is 1. The summed E-state index contributed by atoms with van der Waals surface area (Å²) in [6.07, 6.45) is 1.47. The smallest absolute Gasteiger partial charge is 0.320 e. The topological polar surface area (TPSA) is 133 Å². The zero-order chi connectivity index (χ0) is 18.1.